The van der Waals surface area contributed by atoms with Gasteiger partial charge in [-0.3, -0.25) is 4.79 Å². The summed E-state index contributed by atoms with van der Waals surface area (Å²) in [5, 5.41) is 0. The minimum atomic E-state index is -0.384. The maximum Gasteiger partial charge on any atom is 0.310 e. The third kappa shape index (κ3) is 2.78. The van der Waals surface area contributed by atoms with Crippen LogP contribution in [0.3, 0.4) is 0 Å². The van der Waals surface area contributed by atoms with Gasteiger partial charge in [-0.05, 0) is 38.0 Å². The van der Waals surface area contributed by atoms with E-state index in [0.717, 1.165) is 11.1 Å². The molecular formula is C12H15FO2. The van der Waals surface area contributed by atoms with Gasteiger partial charge in [-0.1, -0.05) is 6.07 Å². The van der Waals surface area contributed by atoms with Gasteiger partial charge in [0.05, 0.1) is 13.0 Å². The largest absolute Gasteiger partial charge is 0.466 e. The summed E-state index contributed by atoms with van der Waals surface area (Å²) in [5.74, 6) is -0.726. The van der Waals surface area contributed by atoms with E-state index in [1.807, 2.05) is 13.8 Å². The van der Waals surface area contributed by atoms with Crippen LogP contribution in [0.15, 0.2) is 12.1 Å². The monoisotopic (exact) mass is 210 g/mol. The molecule has 0 aliphatic rings. The topological polar surface area (TPSA) is 26.3 Å². The quantitative estimate of drug-likeness (QED) is 0.717. The number of benzene rings is 1. The van der Waals surface area contributed by atoms with Gasteiger partial charge in [-0.2, -0.15) is 0 Å². The summed E-state index contributed by atoms with van der Waals surface area (Å²) < 4.78 is 18.2. The molecule has 1 aromatic carbocycles. The highest BCUT2D eigenvalue weighted by Crippen LogP contribution is 2.17. The molecule has 0 heterocycles. The fraction of sp³-hybridized carbons (Fsp3) is 0.417. The van der Waals surface area contributed by atoms with Crippen molar-refractivity contribution in [1.29, 1.82) is 0 Å². The average molecular weight is 210 g/mol. The first kappa shape index (κ1) is 11.7. The third-order valence-corrected chi connectivity index (χ3v) is 2.44. The number of carbonyl (C=O) groups is 1. The van der Waals surface area contributed by atoms with Crippen LogP contribution >= 0.6 is 0 Å². The Balaban J connectivity index is 2.93. The minimum Gasteiger partial charge on any atom is -0.466 e. The number of ether oxygens (including phenoxy) is 1. The normalized spacial score (nSPS) is 10.1. The van der Waals surface area contributed by atoms with Crippen LogP contribution in [0.2, 0.25) is 0 Å². The molecule has 0 atom stereocenters. The fourth-order valence-electron chi connectivity index (χ4n) is 1.41. The van der Waals surface area contributed by atoms with Crippen LogP contribution in [-0.2, 0) is 16.0 Å². The highest BCUT2D eigenvalue weighted by molar-refractivity contribution is 5.73. The first-order chi connectivity index (χ1) is 7.06. The average Bonchev–Trinajstić information content (AvgIpc) is 2.19. The van der Waals surface area contributed by atoms with Crippen molar-refractivity contribution in [3.63, 3.8) is 0 Å². The first-order valence-corrected chi connectivity index (χ1v) is 4.96. The van der Waals surface area contributed by atoms with Crippen molar-refractivity contribution in [2.24, 2.45) is 0 Å². The predicted octanol–water partition coefficient (Wildman–Crippen LogP) is 2.55. The van der Waals surface area contributed by atoms with E-state index in [1.54, 1.807) is 13.0 Å². The van der Waals surface area contributed by atoms with Gasteiger partial charge in [0.2, 0.25) is 0 Å². The molecule has 2 nitrogen and oxygen atoms in total. The lowest BCUT2D eigenvalue weighted by molar-refractivity contribution is -0.142. The number of rotatable bonds is 3. The number of hydrogen-bond donors (Lipinski definition) is 0. The van der Waals surface area contributed by atoms with Gasteiger partial charge >= 0.3 is 5.97 Å². The molecular weight excluding hydrogens is 195 g/mol. The molecule has 0 radical (unpaired) electrons. The third-order valence-electron chi connectivity index (χ3n) is 2.44. The summed E-state index contributed by atoms with van der Waals surface area (Å²) in [7, 11) is 0. The number of hydrogen-bond acceptors (Lipinski definition) is 2. The van der Waals surface area contributed by atoms with E-state index in [2.05, 4.69) is 0 Å². The Labute approximate surface area is 89.1 Å². The Hall–Kier alpha value is -1.38. The molecule has 0 saturated carbocycles. The Morgan fingerprint density at radius 2 is 2.07 bits per heavy atom. The van der Waals surface area contributed by atoms with Crippen LogP contribution in [0.5, 0.6) is 0 Å². The molecule has 0 fully saturated rings. The standard InChI is InChI=1S/C12H15FO2/c1-4-15-12(14)7-10-9(3)8(2)5-6-11(10)13/h5-6H,4,7H2,1-3H3. The number of esters is 1. The van der Waals surface area contributed by atoms with Gasteiger partial charge in [0.1, 0.15) is 5.82 Å². The van der Waals surface area contributed by atoms with Gasteiger partial charge in [0.25, 0.3) is 0 Å². The molecule has 0 aliphatic carbocycles. The lowest BCUT2D eigenvalue weighted by Crippen LogP contribution is -2.10. The van der Waals surface area contributed by atoms with Gasteiger partial charge < -0.3 is 4.74 Å². The maximum absolute atomic E-state index is 13.4. The van der Waals surface area contributed by atoms with Crippen molar-refractivity contribution >= 4 is 5.97 Å². The van der Waals surface area contributed by atoms with Gasteiger partial charge in [0, 0.05) is 5.56 Å². The zero-order valence-corrected chi connectivity index (χ0v) is 9.26. The molecule has 0 N–H and O–H groups in total. The number of aryl methyl sites for hydroxylation is 1. The summed E-state index contributed by atoms with van der Waals surface area (Å²) in [5.41, 5.74) is 2.24. The number of carbonyl (C=O) groups excluding carboxylic acids is 1. The second-order valence-corrected chi connectivity index (χ2v) is 3.45. The molecule has 15 heavy (non-hydrogen) atoms. The highest BCUT2D eigenvalue weighted by Gasteiger charge is 2.12. The fourth-order valence-corrected chi connectivity index (χ4v) is 1.41. The lowest BCUT2D eigenvalue weighted by atomic mass is 10.0. The predicted molar refractivity (Wildman–Crippen MR) is 56.2 cm³/mol. The van der Waals surface area contributed by atoms with Crippen LogP contribution in [0, 0.1) is 19.7 Å². The second-order valence-electron chi connectivity index (χ2n) is 3.45. The van der Waals surface area contributed by atoms with Crippen LogP contribution in [0.1, 0.15) is 23.6 Å². The van der Waals surface area contributed by atoms with Crippen molar-refractivity contribution in [2.75, 3.05) is 6.61 Å². The van der Waals surface area contributed by atoms with Crippen LogP contribution in [-0.4, -0.2) is 12.6 Å². The zero-order chi connectivity index (χ0) is 11.4. The van der Waals surface area contributed by atoms with Crippen molar-refractivity contribution in [2.45, 2.75) is 27.2 Å². The minimum absolute atomic E-state index is 0.00713. The summed E-state index contributed by atoms with van der Waals surface area (Å²) in [6.07, 6.45) is 0.00713. The summed E-state index contributed by atoms with van der Waals surface area (Å²) in [4.78, 5) is 11.2. The van der Waals surface area contributed by atoms with E-state index in [9.17, 15) is 9.18 Å². The molecule has 0 amide bonds. The van der Waals surface area contributed by atoms with Gasteiger partial charge in [-0.25, -0.2) is 4.39 Å². The van der Waals surface area contributed by atoms with Crippen molar-refractivity contribution in [3.8, 4) is 0 Å². The van der Waals surface area contributed by atoms with E-state index in [0.29, 0.717) is 12.2 Å². The lowest BCUT2D eigenvalue weighted by Gasteiger charge is -2.09. The van der Waals surface area contributed by atoms with Crippen molar-refractivity contribution in [3.05, 3.63) is 34.6 Å². The van der Waals surface area contributed by atoms with Crippen molar-refractivity contribution in [1.82, 2.24) is 0 Å². The molecule has 0 bridgehead atoms. The highest BCUT2D eigenvalue weighted by atomic mass is 19.1. The molecule has 0 unspecified atom stereocenters. The summed E-state index contributed by atoms with van der Waals surface area (Å²) in [6.45, 7) is 5.76. The molecule has 0 saturated heterocycles. The Morgan fingerprint density at radius 1 is 1.40 bits per heavy atom. The number of halogens is 1. The van der Waals surface area contributed by atoms with E-state index in [-0.39, 0.29) is 18.2 Å². The molecule has 3 heteroatoms. The molecule has 0 spiro atoms. The Kier molecular flexibility index (Phi) is 3.83. The molecule has 1 rings (SSSR count). The van der Waals surface area contributed by atoms with E-state index in [4.69, 9.17) is 4.74 Å². The van der Waals surface area contributed by atoms with E-state index >= 15 is 0 Å². The Morgan fingerprint density at radius 3 is 2.67 bits per heavy atom. The smallest absolute Gasteiger partial charge is 0.310 e. The summed E-state index contributed by atoms with van der Waals surface area (Å²) >= 11 is 0. The van der Waals surface area contributed by atoms with Gasteiger partial charge in [-0.15, -0.1) is 0 Å². The van der Waals surface area contributed by atoms with Crippen LogP contribution in [0.4, 0.5) is 4.39 Å². The van der Waals surface area contributed by atoms with Crippen molar-refractivity contribution < 1.29 is 13.9 Å². The van der Waals surface area contributed by atoms with E-state index < -0.39 is 0 Å². The SMILES string of the molecule is CCOC(=O)Cc1c(F)ccc(C)c1C. The molecule has 1 aromatic rings. The molecule has 82 valence electrons. The second kappa shape index (κ2) is 4.91. The molecule has 0 aliphatic heterocycles. The van der Waals surface area contributed by atoms with E-state index in [1.165, 1.54) is 6.07 Å². The zero-order valence-electron chi connectivity index (χ0n) is 9.26. The molecule has 0 aromatic heterocycles. The maximum atomic E-state index is 13.4. The Bertz CT molecular complexity index is 372. The first-order valence-electron chi connectivity index (χ1n) is 4.96. The summed E-state index contributed by atoms with van der Waals surface area (Å²) in [6, 6.07) is 3.09. The van der Waals surface area contributed by atoms with Gasteiger partial charge in [0.15, 0.2) is 0 Å². The van der Waals surface area contributed by atoms with Crippen LogP contribution < -0.4 is 0 Å². The van der Waals surface area contributed by atoms with Crippen LogP contribution in [0.25, 0.3) is 0 Å².